The zero-order valence-electron chi connectivity index (χ0n) is 8.39. The lowest BCUT2D eigenvalue weighted by Gasteiger charge is -2.21. The summed E-state index contributed by atoms with van der Waals surface area (Å²) in [5.74, 6) is 0.180. The van der Waals surface area contributed by atoms with Crippen molar-refractivity contribution in [3.63, 3.8) is 0 Å². The van der Waals surface area contributed by atoms with Crippen LogP contribution in [0.1, 0.15) is 39.5 Å². The minimum Gasteiger partial charge on any atom is -0.329 e. The van der Waals surface area contributed by atoms with Crippen molar-refractivity contribution in [2.45, 2.75) is 39.5 Å². The molecule has 0 spiro atoms. The van der Waals surface area contributed by atoms with Gasteiger partial charge in [-0.1, -0.05) is 26.0 Å². The molecule has 0 bridgehead atoms. The molecule has 1 amide bonds. The van der Waals surface area contributed by atoms with Crippen LogP contribution in [-0.2, 0) is 4.79 Å². The number of hydrogen-bond acceptors (Lipinski definition) is 1. The van der Waals surface area contributed by atoms with E-state index in [1.807, 2.05) is 13.8 Å². The van der Waals surface area contributed by atoms with Crippen molar-refractivity contribution in [3.8, 4) is 0 Å². The molecule has 72 valence electrons. The van der Waals surface area contributed by atoms with Crippen LogP contribution in [0.3, 0.4) is 0 Å². The molecule has 2 aliphatic rings. The van der Waals surface area contributed by atoms with Crippen LogP contribution >= 0.6 is 0 Å². The highest BCUT2D eigenvalue weighted by molar-refractivity contribution is 5.80. The van der Waals surface area contributed by atoms with Gasteiger partial charge in [0.15, 0.2) is 0 Å². The van der Waals surface area contributed by atoms with Crippen molar-refractivity contribution >= 4 is 5.91 Å². The lowest BCUT2D eigenvalue weighted by molar-refractivity contribution is -0.120. The van der Waals surface area contributed by atoms with E-state index in [1.165, 1.54) is 5.57 Å². The Morgan fingerprint density at radius 1 is 1.23 bits per heavy atom. The summed E-state index contributed by atoms with van der Waals surface area (Å²) in [4.78, 5) is 10.9. The molecule has 1 heterocycles. The number of amides is 1. The van der Waals surface area contributed by atoms with Crippen LogP contribution in [0.25, 0.3) is 0 Å². The van der Waals surface area contributed by atoms with E-state index in [2.05, 4.69) is 17.5 Å². The molecule has 0 radical (unpaired) electrons. The van der Waals surface area contributed by atoms with Gasteiger partial charge in [0.2, 0.25) is 5.91 Å². The Labute approximate surface area is 79.7 Å². The monoisotopic (exact) mass is 179 g/mol. The summed E-state index contributed by atoms with van der Waals surface area (Å²) >= 11 is 0. The predicted octanol–water partition coefficient (Wildman–Crippen LogP) is 2.53. The van der Waals surface area contributed by atoms with Gasteiger partial charge in [0.25, 0.3) is 0 Å². The molecule has 0 aromatic rings. The van der Waals surface area contributed by atoms with E-state index in [-0.39, 0.29) is 5.91 Å². The van der Waals surface area contributed by atoms with Crippen LogP contribution in [0.4, 0.5) is 0 Å². The molecule has 0 saturated heterocycles. The fraction of sp³-hybridized carbons (Fsp3) is 0.545. The maximum absolute atomic E-state index is 10.9. The molecule has 13 heavy (non-hydrogen) atoms. The van der Waals surface area contributed by atoms with Crippen molar-refractivity contribution in [1.82, 2.24) is 5.32 Å². The van der Waals surface area contributed by atoms with Gasteiger partial charge >= 0.3 is 0 Å². The summed E-state index contributed by atoms with van der Waals surface area (Å²) in [5.41, 5.74) is 2.49. The Hall–Kier alpha value is -1.05. The van der Waals surface area contributed by atoms with E-state index in [4.69, 9.17) is 0 Å². The third kappa shape index (κ3) is 2.44. The van der Waals surface area contributed by atoms with Gasteiger partial charge in [-0.3, -0.25) is 4.79 Å². The summed E-state index contributed by atoms with van der Waals surface area (Å²) in [7, 11) is 0. The summed E-state index contributed by atoms with van der Waals surface area (Å²) < 4.78 is 0. The highest BCUT2D eigenvalue weighted by Gasteiger charge is 2.16. The Kier molecular flexibility index (Phi) is 3.74. The average Bonchev–Trinajstić information content (AvgIpc) is 2.21. The molecule has 0 fully saturated rings. The molecule has 0 aromatic carbocycles. The fourth-order valence-corrected chi connectivity index (χ4v) is 1.57. The normalized spacial score (nSPS) is 20.0. The second-order valence-electron chi connectivity index (χ2n) is 2.99. The molecule has 0 saturated carbocycles. The number of nitrogens with one attached hydrogen (secondary N) is 1. The Morgan fingerprint density at radius 3 is 2.77 bits per heavy atom. The van der Waals surface area contributed by atoms with Crippen molar-refractivity contribution in [2.24, 2.45) is 0 Å². The zero-order chi connectivity index (χ0) is 9.68. The maximum atomic E-state index is 10.9. The molecule has 2 heteroatoms. The summed E-state index contributed by atoms with van der Waals surface area (Å²) in [6.45, 7) is 4.00. The standard InChI is InChI=1S/C9H11NO.C2H6/c11-9-6-5-7-3-1-2-4-8(7)10-9;1-2/h1,3H,2,4-6H2,(H,10,11);1-2H3. The second-order valence-corrected chi connectivity index (χ2v) is 2.99. The van der Waals surface area contributed by atoms with Crippen LogP contribution in [-0.4, -0.2) is 5.91 Å². The number of carbonyl (C=O) groups excluding carboxylic acids is 1. The largest absolute Gasteiger partial charge is 0.329 e. The van der Waals surface area contributed by atoms with Crippen LogP contribution in [0.5, 0.6) is 0 Å². The molecule has 0 atom stereocenters. The Balaban J connectivity index is 0.000000396. The Bertz CT molecular complexity index is 251. The van der Waals surface area contributed by atoms with E-state index in [0.29, 0.717) is 6.42 Å². The first-order valence-electron chi connectivity index (χ1n) is 5.05. The van der Waals surface area contributed by atoms with Gasteiger partial charge in [-0.25, -0.2) is 0 Å². The van der Waals surface area contributed by atoms with Crippen LogP contribution in [0.2, 0.25) is 0 Å². The molecule has 1 N–H and O–H groups in total. The summed E-state index contributed by atoms with van der Waals surface area (Å²) in [5, 5.41) is 2.91. The highest BCUT2D eigenvalue weighted by atomic mass is 16.1. The smallest absolute Gasteiger partial charge is 0.224 e. The Morgan fingerprint density at radius 2 is 2.00 bits per heavy atom. The van der Waals surface area contributed by atoms with E-state index < -0.39 is 0 Å². The fourth-order valence-electron chi connectivity index (χ4n) is 1.57. The van der Waals surface area contributed by atoms with Crippen LogP contribution < -0.4 is 5.32 Å². The molecule has 0 unspecified atom stereocenters. The van der Waals surface area contributed by atoms with Gasteiger partial charge in [-0.15, -0.1) is 0 Å². The lowest BCUT2D eigenvalue weighted by atomic mass is 9.96. The first-order valence-corrected chi connectivity index (χ1v) is 5.05. The van der Waals surface area contributed by atoms with Gasteiger partial charge in [-0.05, 0) is 24.8 Å². The topological polar surface area (TPSA) is 29.1 Å². The molecule has 1 aliphatic heterocycles. The second kappa shape index (κ2) is 4.85. The molecular formula is C11H17NO. The number of rotatable bonds is 0. The van der Waals surface area contributed by atoms with Gasteiger partial charge in [0, 0.05) is 12.1 Å². The third-order valence-corrected chi connectivity index (χ3v) is 2.18. The predicted molar refractivity (Wildman–Crippen MR) is 54.1 cm³/mol. The first-order chi connectivity index (χ1) is 6.36. The number of carbonyl (C=O) groups is 1. The van der Waals surface area contributed by atoms with E-state index in [1.54, 1.807) is 0 Å². The lowest BCUT2D eigenvalue weighted by Crippen LogP contribution is -2.28. The number of hydrogen-bond donors (Lipinski definition) is 1. The van der Waals surface area contributed by atoms with Crippen molar-refractivity contribution < 1.29 is 4.79 Å². The first kappa shape index (κ1) is 10.0. The molecule has 0 aromatic heterocycles. The van der Waals surface area contributed by atoms with Gasteiger partial charge in [-0.2, -0.15) is 0 Å². The minimum absolute atomic E-state index is 0.180. The van der Waals surface area contributed by atoms with E-state index in [0.717, 1.165) is 25.0 Å². The molecule has 2 rings (SSSR count). The quantitative estimate of drug-likeness (QED) is 0.608. The summed E-state index contributed by atoms with van der Waals surface area (Å²) in [6.07, 6.45) is 7.98. The molecular weight excluding hydrogens is 162 g/mol. The van der Waals surface area contributed by atoms with Crippen molar-refractivity contribution in [2.75, 3.05) is 0 Å². The summed E-state index contributed by atoms with van der Waals surface area (Å²) in [6, 6.07) is 0. The SMILES string of the molecule is CC.O=C1CCC2=C(CCC=C2)N1. The molecule has 1 aliphatic carbocycles. The van der Waals surface area contributed by atoms with E-state index in [9.17, 15) is 4.79 Å². The number of allylic oxidation sites excluding steroid dienone is 4. The zero-order valence-corrected chi connectivity index (χ0v) is 8.39. The third-order valence-electron chi connectivity index (χ3n) is 2.18. The maximum Gasteiger partial charge on any atom is 0.224 e. The van der Waals surface area contributed by atoms with Crippen molar-refractivity contribution in [1.29, 1.82) is 0 Å². The van der Waals surface area contributed by atoms with E-state index >= 15 is 0 Å². The van der Waals surface area contributed by atoms with Gasteiger partial charge in [0.1, 0.15) is 0 Å². The van der Waals surface area contributed by atoms with Gasteiger partial charge < -0.3 is 5.32 Å². The van der Waals surface area contributed by atoms with Gasteiger partial charge in [0.05, 0.1) is 0 Å². The van der Waals surface area contributed by atoms with Crippen LogP contribution in [0.15, 0.2) is 23.4 Å². The van der Waals surface area contributed by atoms with Crippen molar-refractivity contribution in [3.05, 3.63) is 23.4 Å². The van der Waals surface area contributed by atoms with Crippen LogP contribution in [0, 0.1) is 0 Å². The minimum atomic E-state index is 0.180. The highest BCUT2D eigenvalue weighted by Crippen LogP contribution is 2.23. The molecule has 2 nitrogen and oxygen atoms in total. The average molecular weight is 179 g/mol.